The van der Waals surface area contributed by atoms with E-state index >= 15 is 0 Å². The molecule has 1 aromatic carbocycles. The fourth-order valence-corrected chi connectivity index (χ4v) is 3.96. The lowest BCUT2D eigenvalue weighted by Crippen LogP contribution is -2.40. The highest BCUT2D eigenvalue weighted by Crippen LogP contribution is 2.39. The molecule has 0 aliphatic rings. The SMILES string of the molecule is CC(C)(C)[Si](C)(C)OCc1cccc(CO[Si](C)(C)C(C)(C)C)c1[N+](=O)[O-]. The summed E-state index contributed by atoms with van der Waals surface area (Å²) in [5.41, 5.74) is 1.39. The van der Waals surface area contributed by atoms with Crippen molar-refractivity contribution in [3.8, 4) is 0 Å². The lowest BCUT2D eigenvalue weighted by molar-refractivity contribution is -0.386. The van der Waals surface area contributed by atoms with Crippen LogP contribution in [-0.2, 0) is 22.1 Å². The van der Waals surface area contributed by atoms with Gasteiger partial charge in [0.1, 0.15) is 0 Å². The molecule has 0 saturated carbocycles. The first-order valence-electron chi connectivity index (χ1n) is 9.53. The van der Waals surface area contributed by atoms with E-state index in [-0.39, 0.29) is 33.9 Å². The monoisotopic (exact) mass is 411 g/mol. The minimum atomic E-state index is -1.98. The summed E-state index contributed by atoms with van der Waals surface area (Å²) in [6.45, 7) is 22.1. The van der Waals surface area contributed by atoms with Gasteiger partial charge in [-0.05, 0) is 48.4 Å². The minimum Gasteiger partial charge on any atom is -0.412 e. The van der Waals surface area contributed by atoms with Gasteiger partial charge in [-0.1, -0.05) is 47.6 Å². The molecule has 5 nitrogen and oxygen atoms in total. The van der Waals surface area contributed by atoms with E-state index in [2.05, 4.69) is 67.7 Å². The fraction of sp³-hybridized carbons (Fsp3) is 0.700. The quantitative estimate of drug-likeness (QED) is 0.287. The maximum absolute atomic E-state index is 11.8. The molecule has 0 radical (unpaired) electrons. The molecule has 1 rings (SSSR count). The van der Waals surface area contributed by atoms with Crippen molar-refractivity contribution in [2.75, 3.05) is 0 Å². The van der Waals surface area contributed by atoms with Gasteiger partial charge in [-0.15, -0.1) is 0 Å². The normalized spacial score (nSPS) is 13.7. The molecule has 0 spiro atoms. The van der Waals surface area contributed by atoms with Gasteiger partial charge >= 0.3 is 0 Å². The Kier molecular flexibility index (Phi) is 7.25. The van der Waals surface area contributed by atoms with E-state index in [1.54, 1.807) is 12.1 Å². The standard InChI is InChI=1S/C20H37NO4Si2/c1-19(2,3)26(7,8)24-14-16-12-11-13-17(18(16)21(22)23)15-25-27(9,10)20(4,5)6/h11-13H,14-15H2,1-10H3. The van der Waals surface area contributed by atoms with Crippen LogP contribution in [0.4, 0.5) is 5.69 Å². The van der Waals surface area contributed by atoms with Crippen LogP contribution < -0.4 is 0 Å². The van der Waals surface area contributed by atoms with Gasteiger partial charge in [0.25, 0.3) is 5.69 Å². The average Bonchev–Trinajstić information content (AvgIpc) is 2.48. The lowest BCUT2D eigenvalue weighted by Gasteiger charge is -2.36. The molecular formula is C20H37NO4Si2. The number of benzene rings is 1. The number of hydrogen-bond acceptors (Lipinski definition) is 4. The summed E-state index contributed by atoms with van der Waals surface area (Å²) in [5, 5.41) is 11.9. The Labute approximate surface area is 166 Å². The van der Waals surface area contributed by atoms with Crippen LogP contribution >= 0.6 is 0 Å². The number of nitro benzene ring substituents is 1. The highest BCUT2D eigenvalue weighted by molar-refractivity contribution is 6.74. The number of nitrogens with zero attached hydrogens (tertiary/aromatic N) is 1. The van der Waals surface area contributed by atoms with Crippen molar-refractivity contribution in [3.05, 3.63) is 39.4 Å². The zero-order valence-electron chi connectivity index (χ0n) is 18.7. The van der Waals surface area contributed by atoms with Crippen LogP contribution in [0.15, 0.2) is 18.2 Å². The third-order valence-electron chi connectivity index (χ3n) is 6.18. The van der Waals surface area contributed by atoms with Crippen LogP contribution in [0.3, 0.4) is 0 Å². The van der Waals surface area contributed by atoms with Crippen molar-refractivity contribution in [2.24, 2.45) is 0 Å². The zero-order chi connectivity index (χ0) is 21.3. The topological polar surface area (TPSA) is 61.6 Å². The molecule has 0 amide bonds. The smallest absolute Gasteiger partial charge is 0.280 e. The van der Waals surface area contributed by atoms with Gasteiger partial charge in [0.15, 0.2) is 16.6 Å². The first-order chi connectivity index (χ1) is 12.0. The van der Waals surface area contributed by atoms with Gasteiger partial charge in [0.05, 0.1) is 29.3 Å². The molecule has 0 aliphatic heterocycles. The molecule has 154 valence electrons. The van der Waals surface area contributed by atoms with Crippen LogP contribution in [-0.4, -0.2) is 21.6 Å². The summed E-state index contributed by atoms with van der Waals surface area (Å²) in [6, 6.07) is 5.45. The molecule has 0 saturated heterocycles. The van der Waals surface area contributed by atoms with Crippen molar-refractivity contribution in [1.82, 2.24) is 0 Å². The van der Waals surface area contributed by atoms with Gasteiger partial charge in [-0.2, -0.15) is 0 Å². The number of para-hydroxylation sites is 1. The third kappa shape index (κ3) is 5.97. The second-order valence-corrected chi connectivity index (χ2v) is 19.9. The second-order valence-electron chi connectivity index (χ2n) is 10.3. The molecule has 0 fully saturated rings. The van der Waals surface area contributed by atoms with E-state index in [0.29, 0.717) is 11.1 Å². The summed E-state index contributed by atoms with van der Waals surface area (Å²) >= 11 is 0. The van der Waals surface area contributed by atoms with Gasteiger partial charge in [0, 0.05) is 0 Å². The molecule has 7 heteroatoms. The van der Waals surface area contributed by atoms with Crippen LogP contribution in [0.1, 0.15) is 52.7 Å². The van der Waals surface area contributed by atoms with Gasteiger partial charge < -0.3 is 8.85 Å². The van der Waals surface area contributed by atoms with E-state index < -0.39 is 16.6 Å². The molecule has 0 atom stereocenters. The van der Waals surface area contributed by atoms with Crippen LogP contribution in [0.5, 0.6) is 0 Å². The van der Waals surface area contributed by atoms with Crippen LogP contribution in [0.2, 0.25) is 36.3 Å². The van der Waals surface area contributed by atoms with E-state index in [9.17, 15) is 10.1 Å². The summed E-state index contributed by atoms with van der Waals surface area (Å²) in [7, 11) is -3.97. The summed E-state index contributed by atoms with van der Waals surface area (Å²) in [6.07, 6.45) is 0. The van der Waals surface area contributed by atoms with Crippen molar-refractivity contribution >= 4 is 22.3 Å². The van der Waals surface area contributed by atoms with Gasteiger partial charge in [-0.3, -0.25) is 10.1 Å². The van der Waals surface area contributed by atoms with Crippen LogP contribution in [0, 0.1) is 10.1 Å². The Morgan fingerprint density at radius 2 is 1.19 bits per heavy atom. The first kappa shape index (κ1) is 24.0. The Balaban J connectivity index is 3.10. The average molecular weight is 412 g/mol. The van der Waals surface area contributed by atoms with Crippen molar-refractivity contribution in [3.63, 3.8) is 0 Å². The molecular weight excluding hydrogens is 374 g/mol. The van der Waals surface area contributed by atoms with E-state index in [1.165, 1.54) is 0 Å². The molecule has 0 aliphatic carbocycles. The second kappa shape index (κ2) is 8.15. The number of hydrogen-bond donors (Lipinski definition) is 0. The summed E-state index contributed by atoms with van der Waals surface area (Å²) in [4.78, 5) is 11.5. The van der Waals surface area contributed by atoms with Crippen LogP contribution in [0.25, 0.3) is 0 Å². The summed E-state index contributed by atoms with van der Waals surface area (Å²) in [5.74, 6) is 0. The molecule has 0 heterocycles. The van der Waals surface area contributed by atoms with Crippen molar-refractivity contribution < 1.29 is 13.8 Å². The van der Waals surface area contributed by atoms with Crippen molar-refractivity contribution in [2.45, 2.75) is 91.0 Å². The number of nitro groups is 1. The summed E-state index contributed by atoms with van der Waals surface area (Å²) < 4.78 is 12.5. The van der Waals surface area contributed by atoms with Crippen molar-refractivity contribution in [1.29, 1.82) is 0 Å². The highest BCUT2D eigenvalue weighted by Gasteiger charge is 2.39. The highest BCUT2D eigenvalue weighted by atomic mass is 28.4. The molecule has 0 bridgehead atoms. The maximum Gasteiger partial charge on any atom is 0.280 e. The Morgan fingerprint density at radius 1 is 0.852 bits per heavy atom. The Hall–Kier alpha value is -1.03. The molecule has 0 N–H and O–H groups in total. The largest absolute Gasteiger partial charge is 0.412 e. The molecule has 0 unspecified atom stereocenters. The first-order valence-corrected chi connectivity index (χ1v) is 15.3. The molecule has 1 aromatic rings. The lowest BCUT2D eigenvalue weighted by atomic mass is 10.1. The minimum absolute atomic E-state index is 0.0604. The fourth-order valence-electron chi connectivity index (χ4n) is 2.06. The maximum atomic E-state index is 11.8. The van der Waals surface area contributed by atoms with E-state index in [0.717, 1.165) is 0 Å². The zero-order valence-corrected chi connectivity index (χ0v) is 20.7. The van der Waals surface area contributed by atoms with E-state index in [4.69, 9.17) is 8.85 Å². The Morgan fingerprint density at radius 3 is 1.44 bits per heavy atom. The van der Waals surface area contributed by atoms with Gasteiger partial charge in [-0.25, -0.2) is 0 Å². The van der Waals surface area contributed by atoms with E-state index in [1.807, 2.05) is 6.07 Å². The predicted molar refractivity (Wildman–Crippen MR) is 117 cm³/mol. The molecule has 0 aromatic heterocycles. The number of rotatable bonds is 7. The molecule has 27 heavy (non-hydrogen) atoms. The predicted octanol–water partition coefficient (Wildman–Crippen LogP) is 6.64. The third-order valence-corrected chi connectivity index (χ3v) is 15.1. The Bertz CT molecular complexity index is 625. The van der Waals surface area contributed by atoms with Gasteiger partial charge in [0.2, 0.25) is 0 Å².